The Labute approximate surface area is 94.8 Å². The highest BCUT2D eigenvalue weighted by Crippen LogP contribution is 2.24. The summed E-state index contributed by atoms with van der Waals surface area (Å²) in [6, 6.07) is 16.8. The molecule has 0 saturated carbocycles. The van der Waals surface area contributed by atoms with E-state index in [1.54, 1.807) is 0 Å². The van der Waals surface area contributed by atoms with E-state index >= 15 is 0 Å². The van der Waals surface area contributed by atoms with Gasteiger partial charge in [0.1, 0.15) is 6.10 Å². The number of hydrogen-bond donors (Lipinski definition) is 2. The monoisotopic (exact) mass is 214 g/mol. The lowest BCUT2D eigenvalue weighted by molar-refractivity contribution is 0.213. The fourth-order valence-corrected chi connectivity index (χ4v) is 1.76. The fraction of sp³-hybridized carbons (Fsp3) is 0.143. The van der Waals surface area contributed by atoms with Gasteiger partial charge in [-0.05, 0) is 16.7 Å². The lowest BCUT2D eigenvalue weighted by atomic mass is 9.97. The molecule has 2 aromatic carbocycles. The molecule has 0 amide bonds. The van der Waals surface area contributed by atoms with E-state index in [0.717, 1.165) is 16.7 Å². The fourth-order valence-electron chi connectivity index (χ4n) is 1.76. The van der Waals surface area contributed by atoms with Crippen molar-refractivity contribution in [2.45, 2.75) is 12.7 Å². The van der Waals surface area contributed by atoms with Gasteiger partial charge in [-0.3, -0.25) is 0 Å². The van der Waals surface area contributed by atoms with Crippen molar-refractivity contribution in [1.29, 1.82) is 0 Å². The van der Waals surface area contributed by atoms with Crippen LogP contribution in [0.3, 0.4) is 0 Å². The number of aliphatic hydroxyl groups excluding tert-OH is 2. The molecule has 0 radical (unpaired) electrons. The lowest BCUT2D eigenvalue weighted by Gasteiger charge is -2.14. The summed E-state index contributed by atoms with van der Waals surface area (Å²) in [7, 11) is 0. The molecular formula is C14H14O2. The highest BCUT2D eigenvalue weighted by molar-refractivity contribution is 5.35. The summed E-state index contributed by atoms with van der Waals surface area (Å²) in [6.07, 6.45) is -0.676. The predicted molar refractivity (Wildman–Crippen MR) is 62.9 cm³/mol. The second-order valence-corrected chi connectivity index (χ2v) is 3.67. The Morgan fingerprint density at radius 2 is 1.50 bits per heavy atom. The normalized spacial score (nSPS) is 12.4. The van der Waals surface area contributed by atoms with Crippen molar-refractivity contribution in [1.82, 2.24) is 0 Å². The molecule has 2 heteroatoms. The van der Waals surface area contributed by atoms with E-state index in [4.69, 9.17) is 0 Å². The molecule has 0 aromatic heterocycles. The lowest BCUT2D eigenvalue weighted by Crippen LogP contribution is -2.03. The topological polar surface area (TPSA) is 40.5 Å². The van der Waals surface area contributed by atoms with Crippen LogP contribution in [0.5, 0.6) is 0 Å². The van der Waals surface area contributed by atoms with Gasteiger partial charge in [-0.25, -0.2) is 0 Å². The van der Waals surface area contributed by atoms with Crippen LogP contribution >= 0.6 is 0 Å². The maximum atomic E-state index is 10.2. The number of aliphatic hydroxyl groups is 2. The summed E-state index contributed by atoms with van der Waals surface area (Å²) in [5.74, 6) is 0. The zero-order chi connectivity index (χ0) is 11.4. The molecule has 0 heterocycles. The summed E-state index contributed by atoms with van der Waals surface area (Å²) >= 11 is 0. The maximum absolute atomic E-state index is 10.2. The van der Waals surface area contributed by atoms with Crippen molar-refractivity contribution in [3.05, 3.63) is 71.3 Å². The summed E-state index contributed by atoms with van der Waals surface area (Å²) in [5, 5.41) is 19.4. The van der Waals surface area contributed by atoms with E-state index in [2.05, 4.69) is 0 Å². The van der Waals surface area contributed by atoms with E-state index in [9.17, 15) is 10.2 Å². The van der Waals surface area contributed by atoms with Gasteiger partial charge >= 0.3 is 0 Å². The molecule has 0 saturated heterocycles. The maximum Gasteiger partial charge on any atom is 0.104 e. The van der Waals surface area contributed by atoms with Crippen molar-refractivity contribution in [2.24, 2.45) is 0 Å². The molecule has 0 fully saturated rings. The van der Waals surface area contributed by atoms with Crippen molar-refractivity contribution < 1.29 is 10.2 Å². The smallest absolute Gasteiger partial charge is 0.104 e. The molecule has 16 heavy (non-hydrogen) atoms. The van der Waals surface area contributed by atoms with Gasteiger partial charge in [-0.2, -0.15) is 0 Å². The molecule has 0 aliphatic rings. The first-order valence-corrected chi connectivity index (χ1v) is 5.24. The Balaban J connectivity index is 2.37. The van der Waals surface area contributed by atoms with Gasteiger partial charge in [0.2, 0.25) is 0 Å². The second-order valence-electron chi connectivity index (χ2n) is 3.67. The van der Waals surface area contributed by atoms with Gasteiger partial charge in [-0.15, -0.1) is 0 Å². The van der Waals surface area contributed by atoms with Gasteiger partial charge in [0.15, 0.2) is 0 Å². The molecule has 2 nitrogen and oxygen atoms in total. The van der Waals surface area contributed by atoms with E-state index in [1.165, 1.54) is 0 Å². The molecule has 1 atom stereocenters. The van der Waals surface area contributed by atoms with Crippen LogP contribution in [-0.2, 0) is 6.61 Å². The van der Waals surface area contributed by atoms with Crippen LogP contribution in [0.2, 0.25) is 0 Å². The van der Waals surface area contributed by atoms with Crippen LogP contribution in [0.15, 0.2) is 54.6 Å². The molecule has 0 spiro atoms. The van der Waals surface area contributed by atoms with Crippen molar-refractivity contribution in [3.8, 4) is 0 Å². The van der Waals surface area contributed by atoms with Crippen LogP contribution in [0.25, 0.3) is 0 Å². The minimum atomic E-state index is -0.676. The first kappa shape index (κ1) is 10.9. The van der Waals surface area contributed by atoms with Crippen molar-refractivity contribution >= 4 is 0 Å². The average molecular weight is 214 g/mol. The van der Waals surface area contributed by atoms with Crippen LogP contribution in [0.1, 0.15) is 22.8 Å². The molecule has 2 N–H and O–H groups in total. The molecule has 2 rings (SSSR count). The number of hydrogen-bond acceptors (Lipinski definition) is 2. The molecule has 0 unspecified atom stereocenters. The van der Waals surface area contributed by atoms with Gasteiger partial charge < -0.3 is 10.2 Å². The van der Waals surface area contributed by atoms with Gasteiger partial charge in [0.05, 0.1) is 6.61 Å². The predicted octanol–water partition coefficient (Wildman–Crippen LogP) is 2.26. The molecule has 0 aliphatic carbocycles. The number of rotatable bonds is 3. The Morgan fingerprint density at radius 3 is 2.19 bits per heavy atom. The zero-order valence-electron chi connectivity index (χ0n) is 8.88. The third-order valence-electron chi connectivity index (χ3n) is 2.64. The van der Waals surface area contributed by atoms with Crippen LogP contribution in [-0.4, -0.2) is 10.2 Å². The SMILES string of the molecule is OCc1ccccc1[C@H](O)c1ccccc1. The summed E-state index contributed by atoms with van der Waals surface area (Å²) in [5.41, 5.74) is 2.36. The molecule has 0 bridgehead atoms. The van der Waals surface area contributed by atoms with E-state index in [-0.39, 0.29) is 6.61 Å². The minimum absolute atomic E-state index is 0.0555. The van der Waals surface area contributed by atoms with Crippen molar-refractivity contribution in [2.75, 3.05) is 0 Å². The molecule has 2 aromatic rings. The Bertz CT molecular complexity index is 451. The number of benzene rings is 2. The standard InChI is InChI=1S/C14H14O2/c15-10-12-8-4-5-9-13(12)14(16)11-6-2-1-3-7-11/h1-9,14-16H,10H2/t14-/m1/s1. The molecule has 0 aliphatic heterocycles. The highest BCUT2D eigenvalue weighted by Gasteiger charge is 2.12. The van der Waals surface area contributed by atoms with Gasteiger partial charge in [0, 0.05) is 0 Å². The van der Waals surface area contributed by atoms with Crippen LogP contribution in [0, 0.1) is 0 Å². The molecular weight excluding hydrogens is 200 g/mol. The second kappa shape index (κ2) is 4.92. The molecule has 82 valence electrons. The van der Waals surface area contributed by atoms with Gasteiger partial charge in [-0.1, -0.05) is 54.6 Å². The first-order valence-electron chi connectivity index (χ1n) is 5.24. The van der Waals surface area contributed by atoms with Crippen LogP contribution in [0.4, 0.5) is 0 Å². The third kappa shape index (κ3) is 2.13. The van der Waals surface area contributed by atoms with Gasteiger partial charge in [0.25, 0.3) is 0 Å². The zero-order valence-corrected chi connectivity index (χ0v) is 8.88. The first-order chi connectivity index (χ1) is 7.83. The van der Waals surface area contributed by atoms with E-state index in [1.807, 2.05) is 54.6 Å². The van der Waals surface area contributed by atoms with E-state index < -0.39 is 6.10 Å². The summed E-state index contributed by atoms with van der Waals surface area (Å²) in [6.45, 7) is -0.0555. The summed E-state index contributed by atoms with van der Waals surface area (Å²) in [4.78, 5) is 0. The van der Waals surface area contributed by atoms with Crippen molar-refractivity contribution in [3.63, 3.8) is 0 Å². The Kier molecular flexibility index (Phi) is 3.34. The summed E-state index contributed by atoms with van der Waals surface area (Å²) < 4.78 is 0. The van der Waals surface area contributed by atoms with Crippen LogP contribution < -0.4 is 0 Å². The average Bonchev–Trinajstić information content (AvgIpc) is 2.39. The quantitative estimate of drug-likeness (QED) is 0.822. The Morgan fingerprint density at radius 1 is 0.875 bits per heavy atom. The minimum Gasteiger partial charge on any atom is -0.392 e. The highest BCUT2D eigenvalue weighted by atomic mass is 16.3. The largest absolute Gasteiger partial charge is 0.392 e. The third-order valence-corrected chi connectivity index (χ3v) is 2.64. The van der Waals surface area contributed by atoms with E-state index in [0.29, 0.717) is 0 Å². The Hall–Kier alpha value is -1.64.